The molecule has 1 aromatic heterocycles. The number of halogens is 5. The van der Waals surface area contributed by atoms with Crippen molar-refractivity contribution in [1.29, 1.82) is 0 Å². The van der Waals surface area contributed by atoms with Crippen molar-refractivity contribution in [3.63, 3.8) is 0 Å². The average molecular weight is 318 g/mol. The lowest BCUT2D eigenvalue weighted by atomic mass is 10.2. The Labute approximate surface area is 104 Å². The van der Waals surface area contributed by atoms with Gasteiger partial charge in [-0.15, -0.1) is 0 Å². The zero-order chi connectivity index (χ0) is 12.3. The number of nitrogens with zero attached hydrogens (tertiary/aromatic N) is 1. The number of hydrogen-bond donors (Lipinski definition) is 1. The molecule has 0 spiro atoms. The van der Waals surface area contributed by atoms with Gasteiger partial charge in [-0.05, 0) is 28.9 Å². The Bertz CT molecular complexity index is 370. The molecule has 7 heteroatoms. The van der Waals surface area contributed by atoms with Crippen molar-refractivity contribution in [2.75, 3.05) is 5.32 Å². The van der Waals surface area contributed by atoms with Gasteiger partial charge in [0.2, 0.25) is 0 Å². The van der Waals surface area contributed by atoms with Crippen molar-refractivity contribution in [2.45, 2.75) is 25.6 Å². The average Bonchev–Trinajstić information content (AvgIpc) is 2.06. The third-order valence-electron chi connectivity index (χ3n) is 1.73. The Kier molecular flexibility index (Phi) is 4.43. The molecule has 0 aliphatic rings. The van der Waals surface area contributed by atoms with E-state index in [1.54, 1.807) is 6.07 Å². The summed E-state index contributed by atoms with van der Waals surface area (Å²) >= 11 is 8.82. The minimum absolute atomic E-state index is 0.348. The molecular weight excluding hydrogens is 308 g/mol. The number of anilines is 1. The fourth-order valence-corrected chi connectivity index (χ4v) is 1.91. The van der Waals surface area contributed by atoms with Gasteiger partial charge in [0.1, 0.15) is 5.82 Å². The van der Waals surface area contributed by atoms with E-state index in [-0.39, 0.29) is 0 Å². The second kappa shape index (κ2) is 5.23. The molecule has 0 fully saturated rings. The summed E-state index contributed by atoms with van der Waals surface area (Å²) in [6.07, 6.45) is -3.73. The molecule has 16 heavy (non-hydrogen) atoms. The number of hydrogen-bond acceptors (Lipinski definition) is 2. The Morgan fingerprint density at radius 2 is 2.19 bits per heavy atom. The SMILES string of the molecule is CC(CC(F)(F)F)Nc1ncc(Cl)cc1Br. The highest BCUT2D eigenvalue weighted by Crippen LogP contribution is 2.26. The maximum absolute atomic E-state index is 12.1. The van der Waals surface area contributed by atoms with Crippen LogP contribution in [0.1, 0.15) is 13.3 Å². The fourth-order valence-electron chi connectivity index (χ4n) is 1.15. The summed E-state index contributed by atoms with van der Waals surface area (Å²) in [6, 6.07) is 0.821. The van der Waals surface area contributed by atoms with Crippen molar-refractivity contribution in [3.05, 3.63) is 21.8 Å². The summed E-state index contributed by atoms with van der Waals surface area (Å²) in [5.74, 6) is 0.348. The Morgan fingerprint density at radius 1 is 1.56 bits per heavy atom. The molecule has 0 saturated carbocycles. The van der Waals surface area contributed by atoms with E-state index < -0.39 is 18.6 Å². The van der Waals surface area contributed by atoms with E-state index in [1.807, 2.05) is 0 Å². The molecule has 90 valence electrons. The van der Waals surface area contributed by atoms with E-state index in [9.17, 15) is 13.2 Å². The third-order valence-corrected chi connectivity index (χ3v) is 2.54. The molecular formula is C9H9BrClF3N2. The van der Waals surface area contributed by atoms with Crippen LogP contribution < -0.4 is 5.32 Å². The van der Waals surface area contributed by atoms with Crippen LogP contribution in [-0.2, 0) is 0 Å². The Balaban J connectivity index is 2.66. The van der Waals surface area contributed by atoms with E-state index in [0.717, 1.165) is 0 Å². The highest BCUT2D eigenvalue weighted by molar-refractivity contribution is 9.10. The van der Waals surface area contributed by atoms with E-state index in [0.29, 0.717) is 15.3 Å². The van der Waals surface area contributed by atoms with Gasteiger partial charge >= 0.3 is 6.18 Å². The van der Waals surface area contributed by atoms with Crippen LogP contribution in [-0.4, -0.2) is 17.2 Å². The van der Waals surface area contributed by atoms with Crippen molar-refractivity contribution in [3.8, 4) is 0 Å². The number of pyridine rings is 1. The van der Waals surface area contributed by atoms with Crippen LogP contribution in [0.2, 0.25) is 5.02 Å². The molecule has 0 saturated heterocycles. The van der Waals surface area contributed by atoms with Gasteiger partial charge in [-0.25, -0.2) is 4.98 Å². The second-order valence-electron chi connectivity index (χ2n) is 3.35. The zero-order valence-corrected chi connectivity index (χ0v) is 10.6. The Morgan fingerprint density at radius 3 is 2.69 bits per heavy atom. The molecule has 1 atom stereocenters. The quantitative estimate of drug-likeness (QED) is 0.901. The van der Waals surface area contributed by atoms with E-state index in [2.05, 4.69) is 26.2 Å². The lowest BCUT2D eigenvalue weighted by Gasteiger charge is -2.17. The number of nitrogens with one attached hydrogen (secondary N) is 1. The van der Waals surface area contributed by atoms with Crippen LogP contribution in [0, 0.1) is 0 Å². The first kappa shape index (κ1) is 13.6. The van der Waals surface area contributed by atoms with Gasteiger partial charge in [-0.1, -0.05) is 11.6 Å². The minimum Gasteiger partial charge on any atom is -0.366 e. The summed E-state index contributed by atoms with van der Waals surface area (Å²) in [6.45, 7) is 1.44. The monoisotopic (exact) mass is 316 g/mol. The standard InChI is InChI=1S/C9H9BrClF3N2/c1-5(3-9(12,13)14)16-8-7(10)2-6(11)4-15-8/h2,4-5H,3H2,1H3,(H,15,16). The molecule has 0 radical (unpaired) electrons. The first-order valence-corrected chi connectivity index (χ1v) is 5.59. The molecule has 1 aromatic rings. The molecule has 2 nitrogen and oxygen atoms in total. The number of aromatic nitrogens is 1. The third kappa shape index (κ3) is 4.57. The van der Waals surface area contributed by atoms with Gasteiger partial charge < -0.3 is 5.32 Å². The van der Waals surface area contributed by atoms with Crippen molar-refractivity contribution in [2.24, 2.45) is 0 Å². The van der Waals surface area contributed by atoms with Crippen LogP contribution in [0.5, 0.6) is 0 Å². The predicted octanol–water partition coefficient (Wildman–Crippen LogP) is 4.25. The van der Waals surface area contributed by atoms with Gasteiger partial charge in [0.25, 0.3) is 0 Å². The normalized spacial score (nSPS) is 13.6. The topological polar surface area (TPSA) is 24.9 Å². The first-order valence-electron chi connectivity index (χ1n) is 4.42. The van der Waals surface area contributed by atoms with Crippen LogP contribution in [0.3, 0.4) is 0 Å². The summed E-state index contributed by atoms with van der Waals surface area (Å²) in [4.78, 5) is 3.89. The maximum atomic E-state index is 12.1. The van der Waals surface area contributed by atoms with E-state index in [4.69, 9.17) is 11.6 Å². The molecule has 1 N–H and O–H groups in total. The fraction of sp³-hybridized carbons (Fsp3) is 0.444. The molecule has 0 amide bonds. The first-order chi connectivity index (χ1) is 7.28. The largest absolute Gasteiger partial charge is 0.391 e. The van der Waals surface area contributed by atoms with E-state index in [1.165, 1.54) is 13.1 Å². The Hall–Kier alpha value is -0.490. The summed E-state index contributed by atoms with van der Waals surface area (Å²) in [5.41, 5.74) is 0. The zero-order valence-electron chi connectivity index (χ0n) is 8.28. The highest BCUT2D eigenvalue weighted by atomic mass is 79.9. The summed E-state index contributed by atoms with van der Waals surface area (Å²) < 4.78 is 36.8. The lowest BCUT2D eigenvalue weighted by Crippen LogP contribution is -2.24. The van der Waals surface area contributed by atoms with Gasteiger partial charge in [-0.2, -0.15) is 13.2 Å². The number of alkyl halides is 3. The smallest absolute Gasteiger partial charge is 0.366 e. The molecule has 0 aliphatic heterocycles. The second-order valence-corrected chi connectivity index (χ2v) is 4.64. The summed E-state index contributed by atoms with van der Waals surface area (Å²) in [5, 5.41) is 3.07. The lowest BCUT2D eigenvalue weighted by molar-refractivity contribution is -0.136. The van der Waals surface area contributed by atoms with Crippen LogP contribution in [0.4, 0.5) is 19.0 Å². The van der Waals surface area contributed by atoms with Gasteiger partial charge in [0.15, 0.2) is 0 Å². The molecule has 0 aliphatic carbocycles. The molecule has 1 rings (SSSR count). The van der Waals surface area contributed by atoms with Gasteiger partial charge in [0.05, 0.1) is 15.9 Å². The van der Waals surface area contributed by atoms with E-state index >= 15 is 0 Å². The van der Waals surface area contributed by atoms with Crippen molar-refractivity contribution in [1.82, 2.24) is 4.98 Å². The van der Waals surface area contributed by atoms with Gasteiger partial charge in [-0.3, -0.25) is 0 Å². The van der Waals surface area contributed by atoms with Crippen LogP contribution in [0.15, 0.2) is 16.7 Å². The van der Waals surface area contributed by atoms with Gasteiger partial charge in [0, 0.05) is 12.2 Å². The molecule has 1 heterocycles. The molecule has 0 bridgehead atoms. The van der Waals surface area contributed by atoms with Crippen LogP contribution >= 0.6 is 27.5 Å². The van der Waals surface area contributed by atoms with Crippen molar-refractivity contribution < 1.29 is 13.2 Å². The van der Waals surface area contributed by atoms with Crippen LogP contribution in [0.25, 0.3) is 0 Å². The highest BCUT2D eigenvalue weighted by Gasteiger charge is 2.30. The minimum atomic E-state index is -4.19. The summed E-state index contributed by atoms with van der Waals surface area (Å²) in [7, 11) is 0. The number of rotatable bonds is 3. The predicted molar refractivity (Wildman–Crippen MR) is 60.7 cm³/mol. The maximum Gasteiger partial charge on any atom is 0.391 e. The molecule has 0 aromatic carbocycles. The van der Waals surface area contributed by atoms with Crippen molar-refractivity contribution >= 4 is 33.3 Å². The molecule has 1 unspecified atom stereocenters.